The molecule has 2 nitrogen and oxygen atoms in total. The van der Waals surface area contributed by atoms with E-state index in [0.717, 1.165) is 12.5 Å². The minimum absolute atomic E-state index is 0.846. The molecule has 1 atom stereocenters. The Hall–Kier alpha value is -0.860. The van der Waals surface area contributed by atoms with Gasteiger partial charge in [0.25, 0.3) is 0 Å². The molecule has 1 unspecified atom stereocenters. The quantitative estimate of drug-likeness (QED) is 0.803. The molecule has 1 aromatic carbocycles. The highest BCUT2D eigenvalue weighted by Gasteiger charge is 2.15. The zero-order valence-electron chi connectivity index (χ0n) is 9.45. The van der Waals surface area contributed by atoms with Crippen molar-refractivity contribution in [3.63, 3.8) is 0 Å². The van der Waals surface area contributed by atoms with E-state index in [1.807, 2.05) is 0 Å². The molecule has 0 aromatic heterocycles. The molecule has 0 saturated carbocycles. The first-order valence-corrected chi connectivity index (χ1v) is 5.78. The predicted octanol–water partition coefficient (Wildman–Crippen LogP) is 1.73. The second-order valence-electron chi connectivity index (χ2n) is 4.54. The van der Waals surface area contributed by atoms with Gasteiger partial charge in [-0.25, -0.2) is 0 Å². The highest BCUT2D eigenvalue weighted by Crippen LogP contribution is 2.10. The third-order valence-electron chi connectivity index (χ3n) is 3.03. The van der Waals surface area contributed by atoms with Crippen LogP contribution in [-0.4, -0.2) is 31.6 Å². The summed E-state index contributed by atoms with van der Waals surface area (Å²) in [6.07, 6.45) is 1.33. The third-order valence-corrected chi connectivity index (χ3v) is 3.03. The summed E-state index contributed by atoms with van der Waals surface area (Å²) in [5.41, 5.74) is 1.41. The van der Waals surface area contributed by atoms with Gasteiger partial charge in [-0.2, -0.15) is 0 Å². The summed E-state index contributed by atoms with van der Waals surface area (Å²) >= 11 is 0. The third kappa shape index (κ3) is 3.33. The van der Waals surface area contributed by atoms with Crippen LogP contribution in [0.5, 0.6) is 0 Å². The second kappa shape index (κ2) is 5.29. The summed E-state index contributed by atoms with van der Waals surface area (Å²) in [6, 6.07) is 10.7. The summed E-state index contributed by atoms with van der Waals surface area (Å²) < 4.78 is 0. The van der Waals surface area contributed by atoms with E-state index in [1.54, 1.807) is 0 Å². The summed E-state index contributed by atoms with van der Waals surface area (Å²) in [7, 11) is 2.21. The summed E-state index contributed by atoms with van der Waals surface area (Å²) in [6.45, 7) is 4.67. The molecular formula is C13H20N2. The lowest BCUT2D eigenvalue weighted by Gasteiger charge is -2.20. The molecule has 1 saturated heterocycles. The van der Waals surface area contributed by atoms with E-state index < -0.39 is 0 Å². The molecular weight excluding hydrogens is 184 g/mol. The molecule has 1 aliphatic rings. The van der Waals surface area contributed by atoms with Crippen LogP contribution in [0.4, 0.5) is 0 Å². The van der Waals surface area contributed by atoms with Crippen LogP contribution in [0.15, 0.2) is 30.3 Å². The first-order chi connectivity index (χ1) is 7.34. The van der Waals surface area contributed by atoms with Crippen molar-refractivity contribution in [1.82, 2.24) is 10.2 Å². The van der Waals surface area contributed by atoms with Crippen LogP contribution >= 0.6 is 0 Å². The SMILES string of the molecule is CN(Cc1ccccc1)CC1CCNC1. The van der Waals surface area contributed by atoms with Crippen LogP contribution < -0.4 is 5.32 Å². The van der Waals surface area contributed by atoms with Crippen LogP contribution in [0, 0.1) is 5.92 Å². The van der Waals surface area contributed by atoms with Crippen LogP contribution in [0.25, 0.3) is 0 Å². The van der Waals surface area contributed by atoms with Gasteiger partial charge in [-0.1, -0.05) is 30.3 Å². The fourth-order valence-corrected chi connectivity index (χ4v) is 2.27. The molecule has 82 valence electrons. The molecule has 0 bridgehead atoms. The summed E-state index contributed by atoms with van der Waals surface area (Å²) in [5.74, 6) is 0.846. The number of hydrogen-bond acceptors (Lipinski definition) is 2. The van der Waals surface area contributed by atoms with Crippen LogP contribution in [0.3, 0.4) is 0 Å². The van der Waals surface area contributed by atoms with Gasteiger partial charge in [-0.3, -0.25) is 0 Å². The van der Waals surface area contributed by atoms with E-state index in [2.05, 4.69) is 47.6 Å². The van der Waals surface area contributed by atoms with Gasteiger partial charge >= 0.3 is 0 Å². The van der Waals surface area contributed by atoms with Crippen molar-refractivity contribution in [2.24, 2.45) is 5.92 Å². The summed E-state index contributed by atoms with van der Waals surface area (Å²) in [5, 5.41) is 3.41. The lowest BCUT2D eigenvalue weighted by molar-refractivity contribution is 0.278. The Morgan fingerprint density at radius 3 is 2.80 bits per heavy atom. The van der Waals surface area contributed by atoms with Gasteiger partial charge in [0, 0.05) is 13.1 Å². The average molecular weight is 204 g/mol. The number of nitrogens with one attached hydrogen (secondary N) is 1. The molecule has 0 radical (unpaired) electrons. The van der Waals surface area contributed by atoms with Crippen LogP contribution in [0.2, 0.25) is 0 Å². The molecule has 0 aliphatic carbocycles. The number of benzene rings is 1. The maximum atomic E-state index is 3.41. The van der Waals surface area contributed by atoms with E-state index in [0.29, 0.717) is 0 Å². The van der Waals surface area contributed by atoms with Crippen molar-refractivity contribution in [1.29, 1.82) is 0 Å². The monoisotopic (exact) mass is 204 g/mol. The lowest BCUT2D eigenvalue weighted by Crippen LogP contribution is -2.26. The molecule has 15 heavy (non-hydrogen) atoms. The molecule has 2 rings (SSSR count). The molecule has 1 aliphatic heterocycles. The van der Waals surface area contributed by atoms with Crippen molar-refractivity contribution in [3.8, 4) is 0 Å². The van der Waals surface area contributed by atoms with Crippen molar-refractivity contribution >= 4 is 0 Å². The van der Waals surface area contributed by atoms with Gasteiger partial charge in [-0.05, 0) is 38.0 Å². The smallest absolute Gasteiger partial charge is 0.0230 e. The van der Waals surface area contributed by atoms with E-state index in [-0.39, 0.29) is 0 Å². The van der Waals surface area contributed by atoms with Crippen LogP contribution in [0.1, 0.15) is 12.0 Å². The van der Waals surface area contributed by atoms with Gasteiger partial charge in [0.1, 0.15) is 0 Å². The standard InChI is InChI=1S/C13H20N2/c1-15(11-13-7-8-14-9-13)10-12-5-3-2-4-6-12/h2-6,13-14H,7-11H2,1H3. The van der Waals surface area contributed by atoms with Gasteiger partial charge < -0.3 is 10.2 Å². The number of nitrogens with zero attached hydrogens (tertiary/aromatic N) is 1. The highest BCUT2D eigenvalue weighted by atomic mass is 15.1. The number of rotatable bonds is 4. The Kier molecular flexibility index (Phi) is 3.75. The maximum Gasteiger partial charge on any atom is 0.0230 e. The largest absolute Gasteiger partial charge is 0.316 e. The van der Waals surface area contributed by atoms with Gasteiger partial charge in [0.2, 0.25) is 0 Å². The van der Waals surface area contributed by atoms with E-state index in [4.69, 9.17) is 0 Å². The molecule has 0 spiro atoms. The maximum absolute atomic E-state index is 3.41. The van der Waals surface area contributed by atoms with Crippen molar-refractivity contribution in [2.75, 3.05) is 26.7 Å². The van der Waals surface area contributed by atoms with E-state index in [1.165, 1.54) is 31.6 Å². The topological polar surface area (TPSA) is 15.3 Å². The molecule has 1 aromatic rings. The Morgan fingerprint density at radius 1 is 1.33 bits per heavy atom. The minimum Gasteiger partial charge on any atom is -0.316 e. The normalized spacial score (nSPS) is 21.1. The number of hydrogen-bond donors (Lipinski definition) is 1. The lowest BCUT2D eigenvalue weighted by atomic mass is 10.1. The minimum atomic E-state index is 0.846. The molecule has 2 heteroatoms. The molecule has 1 N–H and O–H groups in total. The molecule has 1 fully saturated rings. The Morgan fingerprint density at radius 2 is 2.13 bits per heavy atom. The van der Waals surface area contributed by atoms with Crippen molar-refractivity contribution in [2.45, 2.75) is 13.0 Å². The van der Waals surface area contributed by atoms with Gasteiger partial charge in [0.05, 0.1) is 0 Å². The molecule has 1 heterocycles. The fourth-order valence-electron chi connectivity index (χ4n) is 2.27. The van der Waals surface area contributed by atoms with Gasteiger partial charge in [-0.15, -0.1) is 0 Å². The predicted molar refractivity (Wildman–Crippen MR) is 63.8 cm³/mol. The average Bonchev–Trinajstić information content (AvgIpc) is 2.71. The van der Waals surface area contributed by atoms with E-state index >= 15 is 0 Å². The van der Waals surface area contributed by atoms with E-state index in [9.17, 15) is 0 Å². The molecule has 0 amide bonds. The van der Waals surface area contributed by atoms with Gasteiger partial charge in [0.15, 0.2) is 0 Å². The van der Waals surface area contributed by atoms with Crippen molar-refractivity contribution in [3.05, 3.63) is 35.9 Å². The fraction of sp³-hybridized carbons (Fsp3) is 0.538. The van der Waals surface area contributed by atoms with Crippen molar-refractivity contribution < 1.29 is 0 Å². The van der Waals surface area contributed by atoms with Crippen LogP contribution in [-0.2, 0) is 6.54 Å². The highest BCUT2D eigenvalue weighted by molar-refractivity contribution is 5.14. The Labute approximate surface area is 92.3 Å². The zero-order valence-corrected chi connectivity index (χ0v) is 9.45. The Balaban J connectivity index is 1.79. The first-order valence-electron chi connectivity index (χ1n) is 5.78. The summed E-state index contributed by atoms with van der Waals surface area (Å²) in [4.78, 5) is 2.42. The Bertz CT molecular complexity index is 278. The first kappa shape index (κ1) is 10.7. The second-order valence-corrected chi connectivity index (χ2v) is 4.54. The zero-order chi connectivity index (χ0) is 10.5.